The number of allylic oxidation sites excluding steroid dienone is 1. The lowest BCUT2D eigenvalue weighted by Gasteiger charge is -2.07. The molecule has 0 fully saturated rings. The lowest BCUT2D eigenvalue weighted by molar-refractivity contribution is -0.123. The van der Waals surface area contributed by atoms with Crippen LogP contribution in [0.15, 0.2) is 65.3 Å². The Balaban J connectivity index is 1.80. The van der Waals surface area contributed by atoms with Gasteiger partial charge in [0.25, 0.3) is 5.91 Å². The minimum atomic E-state index is -0.294. The van der Waals surface area contributed by atoms with E-state index >= 15 is 0 Å². The van der Waals surface area contributed by atoms with Crippen molar-refractivity contribution in [3.63, 3.8) is 0 Å². The standard InChI is InChI=1S/C19H20N2O2/c1-15(12-17-9-4-3-5-10-17)13-20-21-19(22)14-23-18-11-7-6-8-16(18)2/h3-13H,14H2,1-2H3,(H,21,22)/b15-12-,20-13?. The van der Waals surface area contributed by atoms with Gasteiger partial charge < -0.3 is 4.74 Å². The number of carbonyl (C=O) groups excluding carboxylic acids is 1. The molecule has 1 N–H and O–H groups in total. The summed E-state index contributed by atoms with van der Waals surface area (Å²) in [6.45, 7) is 3.79. The summed E-state index contributed by atoms with van der Waals surface area (Å²) in [6.07, 6.45) is 3.60. The minimum absolute atomic E-state index is 0.0658. The van der Waals surface area contributed by atoms with Crippen molar-refractivity contribution in [1.82, 2.24) is 5.43 Å². The van der Waals surface area contributed by atoms with E-state index in [1.807, 2.05) is 74.5 Å². The van der Waals surface area contributed by atoms with Crippen molar-refractivity contribution < 1.29 is 9.53 Å². The van der Waals surface area contributed by atoms with Crippen LogP contribution in [0.1, 0.15) is 18.1 Å². The largest absolute Gasteiger partial charge is 0.483 e. The number of ether oxygens (including phenoxy) is 1. The highest BCUT2D eigenvalue weighted by atomic mass is 16.5. The van der Waals surface area contributed by atoms with Crippen LogP contribution >= 0.6 is 0 Å². The van der Waals surface area contributed by atoms with Crippen molar-refractivity contribution >= 4 is 18.2 Å². The Hall–Kier alpha value is -2.88. The fourth-order valence-electron chi connectivity index (χ4n) is 1.95. The second-order valence-corrected chi connectivity index (χ2v) is 5.15. The summed E-state index contributed by atoms with van der Waals surface area (Å²) in [5.74, 6) is 0.406. The molecule has 0 aliphatic rings. The number of nitrogens with zero attached hydrogens (tertiary/aromatic N) is 1. The van der Waals surface area contributed by atoms with Crippen LogP contribution in [-0.2, 0) is 4.79 Å². The third kappa shape index (κ3) is 5.79. The van der Waals surface area contributed by atoms with E-state index in [4.69, 9.17) is 4.74 Å². The van der Waals surface area contributed by atoms with E-state index in [9.17, 15) is 4.79 Å². The van der Waals surface area contributed by atoms with Gasteiger partial charge in [0.2, 0.25) is 0 Å². The minimum Gasteiger partial charge on any atom is -0.483 e. The number of carbonyl (C=O) groups is 1. The van der Waals surface area contributed by atoms with Crippen molar-refractivity contribution in [2.45, 2.75) is 13.8 Å². The molecule has 0 heterocycles. The second kappa shape index (κ2) is 8.54. The first-order valence-corrected chi connectivity index (χ1v) is 7.39. The van der Waals surface area contributed by atoms with Gasteiger partial charge in [0.1, 0.15) is 5.75 Å². The maximum absolute atomic E-state index is 11.7. The molecule has 0 aliphatic carbocycles. The lowest BCUT2D eigenvalue weighted by Crippen LogP contribution is -2.24. The van der Waals surface area contributed by atoms with E-state index in [2.05, 4.69) is 10.5 Å². The van der Waals surface area contributed by atoms with Gasteiger partial charge in [0, 0.05) is 0 Å². The van der Waals surface area contributed by atoms with Gasteiger partial charge in [-0.05, 0) is 36.6 Å². The quantitative estimate of drug-likeness (QED) is 0.655. The average molecular weight is 308 g/mol. The third-order valence-electron chi connectivity index (χ3n) is 3.10. The summed E-state index contributed by atoms with van der Waals surface area (Å²) in [7, 11) is 0. The molecule has 0 radical (unpaired) electrons. The molecular formula is C19H20N2O2. The normalized spacial score (nSPS) is 11.5. The van der Waals surface area contributed by atoms with Gasteiger partial charge in [0.15, 0.2) is 6.61 Å². The van der Waals surface area contributed by atoms with Crippen LogP contribution in [0.25, 0.3) is 6.08 Å². The molecule has 0 unspecified atom stereocenters. The molecule has 0 aromatic heterocycles. The molecule has 0 bridgehead atoms. The summed E-state index contributed by atoms with van der Waals surface area (Å²) in [5, 5.41) is 3.93. The number of benzene rings is 2. The van der Waals surface area contributed by atoms with Crippen LogP contribution in [0.3, 0.4) is 0 Å². The Bertz CT molecular complexity index is 706. The van der Waals surface area contributed by atoms with E-state index in [1.54, 1.807) is 6.21 Å². The number of para-hydroxylation sites is 1. The van der Waals surface area contributed by atoms with Crippen LogP contribution in [0.4, 0.5) is 0 Å². The first-order chi connectivity index (χ1) is 11.1. The number of hydrogen-bond acceptors (Lipinski definition) is 3. The molecule has 23 heavy (non-hydrogen) atoms. The van der Waals surface area contributed by atoms with Crippen LogP contribution in [0.2, 0.25) is 0 Å². The zero-order valence-electron chi connectivity index (χ0n) is 13.3. The van der Waals surface area contributed by atoms with Gasteiger partial charge in [-0.1, -0.05) is 54.6 Å². The van der Waals surface area contributed by atoms with Gasteiger partial charge in [-0.15, -0.1) is 0 Å². The van der Waals surface area contributed by atoms with Crippen molar-refractivity contribution in [1.29, 1.82) is 0 Å². The Morgan fingerprint density at radius 1 is 1.13 bits per heavy atom. The zero-order valence-corrected chi connectivity index (χ0v) is 13.3. The number of hydrazone groups is 1. The fourth-order valence-corrected chi connectivity index (χ4v) is 1.95. The molecule has 118 valence electrons. The Labute approximate surface area is 136 Å². The van der Waals surface area contributed by atoms with Crippen molar-refractivity contribution in [2.24, 2.45) is 5.10 Å². The van der Waals surface area contributed by atoms with Crippen molar-refractivity contribution in [2.75, 3.05) is 6.61 Å². The summed E-state index contributed by atoms with van der Waals surface area (Å²) >= 11 is 0. The van der Waals surface area contributed by atoms with E-state index in [1.165, 1.54) is 0 Å². The maximum atomic E-state index is 11.7. The van der Waals surface area contributed by atoms with Gasteiger partial charge in [-0.2, -0.15) is 5.10 Å². The molecule has 2 aromatic carbocycles. The number of hydrogen-bond donors (Lipinski definition) is 1. The first-order valence-electron chi connectivity index (χ1n) is 7.39. The topological polar surface area (TPSA) is 50.7 Å². The Kier molecular flexibility index (Phi) is 6.12. The molecule has 4 heteroatoms. The maximum Gasteiger partial charge on any atom is 0.277 e. The van der Waals surface area contributed by atoms with E-state index in [0.29, 0.717) is 5.75 Å². The third-order valence-corrected chi connectivity index (χ3v) is 3.10. The molecule has 4 nitrogen and oxygen atoms in total. The molecule has 2 rings (SSSR count). The van der Waals surface area contributed by atoms with Crippen molar-refractivity contribution in [3.05, 3.63) is 71.3 Å². The summed E-state index contributed by atoms with van der Waals surface area (Å²) < 4.78 is 5.45. The number of nitrogens with one attached hydrogen (secondary N) is 1. The average Bonchev–Trinajstić information content (AvgIpc) is 2.55. The van der Waals surface area contributed by atoms with E-state index in [-0.39, 0.29) is 12.5 Å². The molecule has 0 spiro atoms. The van der Waals surface area contributed by atoms with Gasteiger partial charge >= 0.3 is 0 Å². The summed E-state index contributed by atoms with van der Waals surface area (Å²) in [6, 6.07) is 17.5. The zero-order chi connectivity index (χ0) is 16.5. The number of rotatable bonds is 6. The van der Waals surface area contributed by atoms with Crippen LogP contribution in [-0.4, -0.2) is 18.7 Å². The summed E-state index contributed by atoms with van der Waals surface area (Å²) in [4.78, 5) is 11.7. The summed E-state index contributed by atoms with van der Waals surface area (Å²) in [5.41, 5.74) is 5.47. The van der Waals surface area contributed by atoms with E-state index in [0.717, 1.165) is 16.7 Å². The molecule has 0 saturated heterocycles. The lowest BCUT2D eigenvalue weighted by atomic mass is 10.1. The van der Waals surface area contributed by atoms with Crippen LogP contribution in [0, 0.1) is 6.92 Å². The first kappa shape index (κ1) is 16.5. The van der Waals surface area contributed by atoms with Crippen LogP contribution < -0.4 is 10.2 Å². The fraction of sp³-hybridized carbons (Fsp3) is 0.158. The van der Waals surface area contributed by atoms with Gasteiger partial charge in [-0.25, -0.2) is 5.43 Å². The monoisotopic (exact) mass is 308 g/mol. The Morgan fingerprint density at radius 2 is 1.83 bits per heavy atom. The molecule has 2 aromatic rings. The smallest absolute Gasteiger partial charge is 0.277 e. The predicted octanol–water partition coefficient (Wildman–Crippen LogP) is 3.58. The molecule has 0 atom stereocenters. The van der Waals surface area contributed by atoms with Crippen molar-refractivity contribution in [3.8, 4) is 5.75 Å². The SMILES string of the molecule is C/C(C=NNC(=O)COc1ccccc1C)=C/c1ccccc1. The number of amides is 1. The highest BCUT2D eigenvalue weighted by Crippen LogP contribution is 2.15. The molecule has 0 saturated carbocycles. The van der Waals surface area contributed by atoms with Gasteiger partial charge in [0.05, 0.1) is 6.21 Å². The molecule has 1 amide bonds. The molecular weight excluding hydrogens is 288 g/mol. The Morgan fingerprint density at radius 3 is 2.57 bits per heavy atom. The predicted molar refractivity (Wildman–Crippen MR) is 93.4 cm³/mol. The second-order valence-electron chi connectivity index (χ2n) is 5.15. The number of aryl methyl sites for hydroxylation is 1. The highest BCUT2D eigenvalue weighted by molar-refractivity contribution is 5.86. The van der Waals surface area contributed by atoms with Crippen LogP contribution in [0.5, 0.6) is 5.75 Å². The molecule has 0 aliphatic heterocycles. The van der Waals surface area contributed by atoms with Gasteiger partial charge in [-0.3, -0.25) is 4.79 Å². The highest BCUT2D eigenvalue weighted by Gasteiger charge is 2.02. The van der Waals surface area contributed by atoms with E-state index < -0.39 is 0 Å².